The zero-order valence-corrected chi connectivity index (χ0v) is 28.0. The molecule has 0 aliphatic heterocycles. The summed E-state index contributed by atoms with van der Waals surface area (Å²) < 4.78 is 11.0. The van der Waals surface area contributed by atoms with Gasteiger partial charge in [0.15, 0.2) is 0 Å². The fourth-order valence-electron chi connectivity index (χ4n) is 8.52. The zero-order valence-electron chi connectivity index (χ0n) is 28.0. The van der Waals surface area contributed by atoms with Gasteiger partial charge in [0.2, 0.25) is 0 Å². The Balaban J connectivity index is 1.20. The van der Waals surface area contributed by atoms with Crippen molar-refractivity contribution in [3.05, 3.63) is 6.92 Å². The molecule has 4 bridgehead atoms. The van der Waals surface area contributed by atoms with E-state index >= 15 is 0 Å². The lowest BCUT2D eigenvalue weighted by Crippen LogP contribution is -2.51. The van der Waals surface area contributed by atoms with Crippen molar-refractivity contribution in [2.75, 3.05) is 32.8 Å². The second-order valence-electron chi connectivity index (χ2n) is 14.5. The Morgan fingerprint density at radius 2 is 1.36 bits per heavy atom. The number of ether oxygens (including phenoxy) is 2. The maximum atomic E-state index is 13.2. The van der Waals surface area contributed by atoms with E-state index in [-0.39, 0.29) is 30.4 Å². The average molecular weight is 619 g/mol. The molecule has 1 N–H and O–H groups in total. The third kappa shape index (κ3) is 12.7. The lowest BCUT2D eigenvalue weighted by Gasteiger charge is -2.55. The van der Waals surface area contributed by atoms with E-state index in [9.17, 15) is 19.5 Å². The van der Waals surface area contributed by atoms with Crippen LogP contribution in [-0.4, -0.2) is 60.8 Å². The summed E-state index contributed by atoms with van der Waals surface area (Å²) in [6.07, 6.45) is 22.6. The van der Waals surface area contributed by atoms with Crippen LogP contribution in [0.2, 0.25) is 0 Å². The molecule has 4 saturated carbocycles. The molecular weight excluding hydrogens is 554 g/mol. The lowest BCUT2D eigenvalue weighted by molar-refractivity contribution is -0.180. The van der Waals surface area contributed by atoms with Crippen LogP contribution in [0.3, 0.4) is 0 Å². The van der Waals surface area contributed by atoms with Crippen LogP contribution in [0.5, 0.6) is 0 Å². The van der Waals surface area contributed by atoms with E-state index in [1.165, 1.54) is 57.8 Å². The van der Waals surface area contributed by atoms with Crippen LogP contribution in [0.1, 0.15) is 148 Å². The Morgan fingerprint density at radius 1 is 0.795 bits per heavy atom. The zero-order chi connectivity index (χ0) is 31.6. The number of unbranched alkanes of at least 4 members (excludes halogenated alkanes) is 10. The second-order valence-corrected chi connectivity index (χ2v) is 14.5. The molecule has 4 rings (SSSR count). The summed E-state index contributed by atoms with van der Waals surface area (Å²) in [5.74, 6) is 0.890. The Morgan fingerprint density at radius 3 is 1.98 bits per heavy atom. The van der Waals surface area contributed by atoms with Crippen LogP contribution in [0.25, 0.3) is 0 Å². The standard InChI is InChI=1S/C37H64NO6/c1-3-5-6-7-8-9-12-15-23-43-34(40)18-16-20-38(21-22-39)19-14-11-10-13-17-33(4-2)35(41)44-36(42)37-27-30-24-31(28-37)26-32(25-30)29-37/h30-33,39H,2-29H2,1H3. The van der Waals surface area contributed by atoms with E-state index in [0.29, 0.717) is 50.2 Å². The summed E-state index contributed by atoms with van der Waals surface area (Å²) in [5.41, 5.74) is -0.399. The molecule has 4 aliphatic carbocycles. The number of nitrogens with zero attached hydrogens (tertiary/aromatic N) is 1. The van der Waals surface area contributed by atoms with Crippen LogP contribution < -0.4 is 0 Å². The van der Waals surface area contributed by atoms with Gasteiger partial charge in [0.05, 0.1) is 24.5 Å². The van der Waals surface area contributed by atoms with Gasteiger partial charge in [-0.3, -0.25) is 14.4 Å². The third-order valence-electron chi connectivity index (χ3n) is 10.7. The van der Waals surface area contributed by atoms with Gasteiger partial charge in [0.1, 0.15) is 0 Å². The molecule has 4 aliphatic rings. The molecule has 0 amide bonds. The van der Waals surface area contributed by atoms with Gasteiger partial charge in [0.25, 0.3) is 0 Å². The van der Waals surface area contributed by atoms with Crippen LogP contribution in [0.4, 0.5) is 0 Å². The Bertz CT molecular complexity index is 809. The third-order valence-corrected chi connectivity index (χ3v) is 10.7. The van der Waals surface area contributed by atoms with Crippen molar-refractivity contribution < 1.29 is 29.0 Å². The Labute approximate surface area is 268 Å². The highest BCUT2D eigenvalue weighted by Crippen LogP contribution is 2.60. The van der Waals surface area contributed by atoms with Crippen molar-refractivity contribution in [1.29, 1.82) is 0 Å². The minimum absolute atomic E-state index is 0.109. The molecule has 0 aromatic carbocycles. The first kappa shape index (κ1) is 37.0. The second kappa shape index (κ2) is 20.6. The summed E-state index contributed by atoms with van der Waals surface area (Å²) >= 11 is 0. The Hall–Kier alpha value is -1.47. The predicted molar refractivity (Wildman–Crippen MR) is 175 cm³/mol. The smallest absolute Gasteiger partial charge is 0.319 e. The number of rotatable bonds is 25. The van der Waals surface area contributed by atoms with Crippen LogP contribution >= 0.6 is 0 Å². The molecular formula is C37H64NO6. The van der Waals surface area contributed by atoms with Gasteiger partial charge >= 0.3 is 17.9 Å². The van der Waals surface area contributed by atoms with Gasteiger partial charge < -0.3 is 19.5 Å². The van der Waals surface area contributed by atoms with Gasteiger partial charge in [-0.05, 0) is 101 Å². The van der Waals surface area contributed by atoms with Crippen molar-refractivity contribution in [2.24, 2.45) is 29.1 Å². The van der Waals surface area contributed by atoms with Gasteiger partial charge in [0, 0.05) is 13.0 Å². The molecule has 0 aromatic heterocycles. The van der Waals surface area contributed by atoms with Gasteiger partial charge in [-0.15, -0.1) is 0 Å². The molecule has 253 valence electrons. The van der Waals surface area contributed by atoms with E-state index in [4.69, 9.17) is 9.47 Å². The van der Waals surface area contributed by atoms with E-state index in [0.717, 1.165) is 77.3 Å². The molecule has 4 fully saturated rings. The lowest BCUT2D eigenvalue weighted by atomic mass is 9.49. The van der Waals surface area contributed by atoms with Crippen LogP contribution in [0.15, 0.2) is 0 Å². The summed E-state index contributed by atoms with van der Waals surface area (Å²) in [5, 5.41) is 9.48. The topological polar surface area (TPSA) is 93.1 Å². The number of carbonyl (C=O) groups excluding carboxylic acids is 3. The number of aliphatic hydroxyl groups is 1. The molecule has 1 radical (unpaired) electrons. The molecule has 0 aromatic rings. The van der Waals surface area contributed by atoms with Gasteiger partial charge in [-0.1, -0.05) is 78.1 Å². The van der Waals surface area contributed by atoms with Crippen molar-refractivity contribution in [2.45, 2.75) is 148 Å². The molecule has 0 heterocycles. The first-order valence-electron chi connectivity index (χ1n) is 18.4. The fraction of sp³-hybridized carbons (Fsp3) is 0.892. The van der Waals surface area contributed by atoms with Crippen molar-refractivity contribution in [3.8, 4) is 0 Å². The van der Waals surface area contributed by atoms with Gasteiger partial charge in [-0.25, -0.2) is 0 Å². The quantitative estimate of drug-likeness (QED) is 0.0633. The SMILES string of the molecule is [CH2]CC(CCCCCCN(CCO)CCCC(=O)OCCCCCCCCCC)C(=O)OC(=O)C12CC3CC(CC(C3)C1)C2. The van der Waals surface area contributed by atoms with E-state index in [2.05, 4.69) is 18.7 Å². The average Bonchev–Trinajstić information content (AvgIpc) is 2.99. The number of aliphatic hydroxyl groups excluding tert-OH is 1. The van der Waals surface area contributed by atoms with Crippen LogP contribution in [-0.2, 0) is 23.9 Å². The molecule has 1 atom stereocenters. The normalized spacial score (nSPS) is 24.5. The number of esters is 3. The number of hydrogen-bond acceptors (Lipinski definition) is 7. The van der Waals surface area contributed by atoms with Crippen molar-refractivity contribution in [1.82, 2.24) is 4.90 Å². The number of carbonyl (C=O) groups is 3. The molecule has 0 spiro atoms. The molecule has 7 heteroatoms. The number of hydrogen-bond donors (Lipinski definition) is 1. The molecule has 7 nitrogen and oxygen atoms in total. The largest absolute Gasteiger partial charge is 0.466 e. The van der Waals surface area contributed by atoms with E-state index in [1.54, 1.807) is 0 Å². The molecule has 44 heavy (non-hydrogen) atoms. The minimum atomic E-state index is -0.399. The predicted octanol–water partition coefficient (Wildman–Crippen LogP) is 7.82. The highest BCUT2D eigenvalue weighted by atomic mass is 16.6. The monoisotopic (exact) mass is 618 g/mol. The van der Waals surface area contributed by atoms with Crippen LogP contribution in [0, 0.1) is 36.0 Å². The Kier molecular flexibility index (Phi) is 17.3. The molecule has 0 saturated heterocycles. The summed E-state index contributed by atoms with van der Waals surface area (Å²) in [6.45, 7) is 9.11. The minimum Gasteiger partial charge on any atom is -0.466 e. The fourth-order valence-corrected chi connectivity index (χ4v) is 8.52. The summed E-state index contributed by atoms with van der Waals surface area (Å²) in [7, 11) is 0. The molecule has 1 unspecified atom stereocenters. The maximum absolute atomic E-state index is 13.2. The van der Waals surface area contributed by atoms with Crippen molar-refractivity contribution >= 4 is 17.9 Å². The first-order chi connectivity index (χ1) is 21.4. The van der Waals surface area contributed by atoms with E-state index in [1.807, 2.05) is 0 Å². The van der Waals surface area contributed by atoms with Gasteiger partial charge in [-0.2, -0.15) is 0 Å². The highest BCUT2D eigenvalue weighted by molar-refractivity contribution is 5.90. The first-order valence-corrected chi connectivity index (χ1v) is 18.4. The summed E-state index contributed by atoms with van der Waals surface area (Å²) in [6, 6.07) is 0. The maximum Gasteiger partial charge on any atom is 0.319 e. The van der Waals surface area contributed by atoms with Crippen molar-refractivity contribution in [3.63, 3.8) is 0 Å². The van der Waals surface area contributed by atoms with E-state index < -0.39 is 5.41 Å². The highest BCUT2D eigenvalue weighted by Gasteiger charge is 2.56. The summed E-state index contributed by atoms with van der Waals surface area (Å²) in [4.78, 5) is 40.4.